The molecule has 0 saturated heterocycles. The zero-order chi connectivity index (χ0) is 20.8. The summed E-state index contributed by atoms with van der Waals surface area (Å²) in [4.78, 5) is 35.7. The minimum atomic E-state index is -0.865. The number of nitro groups is 1. The minimum absolute atomic E-state index is 0.0535. The number of anilines is 3. The second kappa shape index (κ2) is 8.66. The summed E-state index contributed by atoms with van der Waals surface area (Å²) in [5.74, 6) is -1.46. The van der Waals surface area contributed by atoms with Gasteiger partial charge in [-0.15, -0.1) is 0 Å². The van der Waals surface area contributed by atoms with Crippen LogP contribution in [-0.4, -0.2) is 16.7 Å². The van der Waals surface area contributed by atoms with Crippen molar-refractivity contribution in [3.05, 3.63) is 69.4 Å². The Morgan fingerprint density at radius 2 is 1.93 bits per heavy atom. The Balaban J connectivity index is 2.32. The molecule has 0 aliphatic carbocycles. The molecule has 3 N–H and O–H groups in total. The number of nitrogens with one attached hydrogen (secondary N) is 1. The Morgan fingerprint density at radius 3 is 2.46 bits per heavy atom. The molecular weight excluding hydrogens is 386 g/mol. The number of imide groups is 1. The SMILES string of the molecule is CC(=O)N(C(=O)/C(C#N)=C\Nc1ccc(Cl)c([N+](=O)[O-])c1)c1ccc(N)cc1. The smallest absolute Gasteiger partial charge is 0.289 e. The molecule has 0 radical (unpaired) electrons. The van der Waals surface area contributed by atoms with Crippen LogP contribution >= 0.6 is 11.6 Å². The van der Waals surface area contributed by atoms with E-state index in [4.69, 9.17) is 17.3 Å². The maximum atomic E-state index is 12.7. The number of carbonyl (C=O) groups excluding carboxylic acids is 2. The van der Waals surface area contributed by atoms with Gasteiger partial charge in [-0.25, -0.2) is 4.90 Å². The lowest BCUT2D eigenvalue weighted by atomic mass is 10.2. The van der Waals surface area contributed by atoms with Crippen LogP contribution in [0.4, 0.5) is 22.7 Å². The van der Waals surface area contributed by atoms with Crippen molar-refractivity contribution in [1.82, 2.24) is 0 Å². The van der Waals surface area contributed by atoms with Gasteiger partial charge in [0.15, 0.2) is 0 Å². The van der Waals surface area contributed by atoms with E-state index >= 15 is 0 Å². The molecule has 0 spiro atoms. The number of benzene rings is 2. The molecule has 2 aromatic rings. The molecule has 0 aliphatic rings. The van der Waals surface area contributed by atoms with E-state index in [2.05, 4.69) is 5.32 Å². The van der Waals surface area contributed by atoms with Gasteiger partial charge in [-0.2, -0.15) is 5.26 Å². The Kier molecular flexibility index (Phi) is 6.31. The number of hydrogen-bond donors (Lipinski definition) is 2. The van der Waals surface area contributed by atoms with E-state index in [-0.39, 0.29) is 27.7 Å². The van der Waals surface area contributed by atoms with Crippen LogP contribution in [0.25, 0.3) is 0 Å². The van der Waals surface area contributed by atoms with Gasteiger partial charge in [0.1, 0.15) is 16.7 Å². The third-order valence-corrected chi connectivity index (χ3v) is 3.87. The largest absolute Gasteiger partial charge is 0.399 e. The van der Waals surface area contributed by atoms with Crippen LogP contribution < -0.4 is 16.0 Å². The highest BCUT2D eigenvalue weighted by molar-refractivity contribution is 6.32. The molecule has 9 nitrogen and oxygen atoms in total. The van der Waals surface area contributed by atoms with Gasteiger partial charge >= 0.3 is 0 Å². The Labute approximate surface area is 164 Å². The van der Waals surface area contributed by atoms with Crippen molar-refractivity contribution in [1.29, 1.82) is 5.26 Å². The molecule has 2 rings (SSSR count). The average molecular weight is 400 g/mol. The van der Waals surface area contributed by atoms with Crippen molar-refractivity contribution in [3.63, 3.8) is 0 Å². The quantitative estimate of drug-likeness (QED) is 0.258. The fraction of sp³-hybridized carbons (Fsp3) is 0.0556. The van der Waals surface area contributed by atoms with Crippen LogP contribution in [0.5, 0.6) is 0 Å². The summed E-state index contributed by atoms with van der Waals surface area (Å²) >= 11 is 5.74. The van der Waals surface area contributed by atoms with Crippen LogP contribution in [-0.2, 0) is 9.59 Å². The van der Waals surface area contributed by atoms with Crippen molar-refractivity contribution in [3.8, 4) is 6.07 Å². The number of nitriles is 1. The van der Waals surface area contributed by atoms with E-state index in [1.54, 1.807) is 6.07 Å². The molecular formula is C18H14ClN5O4. The molecule has 0 aliphatic heterocycles. The summed E-state index contributed by atoms with van der Waals surface area (Å²) in [5, 5.41) is 22.8. The summed E-state index contributed by atoms with van der Waals surface area (Å²) in [6.07, 6.45) is 1.06. The molecule has 0 aromatic heterocycles. The second-order valence-electron chi connectivity index (χ2n) is 5.49. The number of nitrogen functional groups attached to an aromatic ring is 1. The summed E-state index contributed by atoms with van der Waals surface area (Å²) in [6.45, 7) is 1.18. The summed E-state index contributed by atoms with van der Waals surface area (Å²) in [6, 6.07) is 11.6. The zero-order valence-corrected chi connectivity index (χ0v) is 15.3. The molecule has 0 saturated carbocycles. The molecule has 10 heteroatoms. The Hall–Kier alpha value is -3.90. The van der Waals surface area contributed by atoms with Crippen molar-refractivity contribution >= 4 is 46.2 Å². The Bertz CT molecular complexity index is 1010. The molecule has 2 aromatic carbocycles. The van der Waals surface area contributed by atoms with E-state index in [0.29, 0.717) is 5.69 Å². The molecule has 0 bridgehead atoms. The van der Waals surface area contributed by atoms with Crippen LogP contribution in [0.2, 0.25) is 5.02 Å². The number of nitro benzene ring substituents is 1. The summed E-state index contributed by atoms with van der Waals surface area (Å²) in [5.41, 5.74) is 5.81. The third-order valence-electron chi connectivity index (χ3n) is 3.55. The molecule has 28 heavy (non-hydrogen) atoms. The van der Waals surface area contributed by atoms with Gasteiger partial charge in [0.05, 0.1) is 10.6 Å². The van der Waals surface area contributed by atoms with E-state index in [1.165, 1.54) is 43.3 Å². The normalized spacial score (nSPS) is 10.7. The van der Waals surface area contributed by atoms with Gasteiger partial charge in [0, 0.05) is 30.6 Å². The number of carbonyl (C=O) groups is 2. The fourth-order valence-corrected chi connectivity index (χ4v) is 2.41. The first-order chi connectivity index (χ1) is 13.2. The van der Waals surface area contributed by atoms with Crippen LogP contribution in [0.1, 0.15) is 6.92 Å². The van der Waals surface area contributed by atoms with Crippen molar-refractivity contribution in [2.75, 3.05) is 16.0 Å². The van der Waals surface area contributed by atoms with Crippen molar-refractivity contribution in [2.24, 2.45) is 0 Å². The van der Waals surface area contributed by atoms with E-state index < -0.39 is 16.7 Å². The average Bonchev–Trinajstić information content (AvgIpc) is 2.64. The lowest BCUT2D eigenvalue weighted by molar-refractivity contribution is -0.384. The minimum Gasteiger partial charge on any atom is -0.399 e. The number of halogens is 1. The molecule has 142 valence electrons. The highest BCUT2D eigenvalue weighted by atomic mass is 35.5. The molecule has 2 amide bonds. The molecule has 0 fully saturated rings. The van der Waals surface area contributed by atoms with Gasteiger partial charge in [0.2, 0.25) is 5.91 Å². The van der Waals surface area contributed by atoms with E-state index in [0.717, 1.165) is 17.2 Å². The molecule has 0 atom stereocenters. The first kappa shape index (κ1) is 20.4. The van der Waals surface area contributed by atoms with Crippen LogP contribution in [0, 0.1) is 21.4 Å². The summed E-state index contributed by atoms with van der Waals surface area (Å²) in [7, 11) is 0. The number of nitrogens with zero attached hydrogens (tertiary/aromatic N) is 3. The van der Waals surface area contributed by atoms with Gasteiger partial charge in [0.25, 0.3) is 11.6 Å². The monoisotopic (exact) mass is 399 g/mol. The van der Waals surface area contributed by atoms with Gasteiger partial charge in [-0.3, -0.25) is 19.7 Å². The van der Waals surface area contributed by atoms with Crippen molar-refractivity contribution in [2.45, 2.75) is 6.92 Å². The number of hydrogen-bond acceptors (Lipinski definition) is 7. The van der Waals surface area contributed by atoms with E-state index in [1.807, 2.05) is 0 Å². The number of rotatable bonds is 5. The van der Waals surface area contributed by atoms with Gasteiger partial charge in [-0.1, -0.05) is 11.6 Å². The first-order valence-corrected chi connectivity index (χ1v) is 8.13. The lowest BCUT2D eigenvalue weighted by Gasteiger charge is -2.19. The van der Waals surface area contributed by atoms with Gasteiger partial charge in [-0.05, 0) is 36.4 Å². The van der Waals surface area contributed by atoms with Crippen molar-refractivity contribution < 1.29 is 14.5 Å². The number of nitrogens with two attached hydrogens (primary N) is 1. The highest BCUT2D eigenvalue weighted by Gasteiger charge is 2.24. The second-order valence-corrected chi connectivity index (χ2v) is 5.90. The van der Waals surface area contributed by atoms with Gasteiger partial charge < -0.3 is 11.1 Å². The summed E-state index contributed by atoms with van der Waals surface area (Å²) < 4.78 is 0. The molecule has 0 unspecified atom stereocenters. The molecule has 0 heterocycles. The Morgan fingerprint density at radius 1 is 1.29 bits per heavy atom. The lowest BCUT2D eigenvalue weighted by Crippen LogP contribution is -2.36. The topological polar surface area (TPSA) is 142 Å². The predicted molar refractivity (Wildman–Crippen MR) is 104 cm³/mol. The number of amides is 2. The first-order valence-electron chi connectivity index (χ1n) is 7.76. The predicted octanol–water partition coefficient (Wildman–Crippen LogP) is 3.23. The van der Waals surface area contributed by atoms with Crippen LogP contribution in [0.3, 0.4) is 0 Å². The maximum Gasteiger partial charge on any atom is 0.289 e. The maximum absolute atomic E-state index is 12.7. The fourth-order valence-electron chi connectivity index (χ4n) is 2.23. The highest BCUT2D eigenvalue weighted by Crippen LogP contribution is 2.27. The van der Waals surface area contributed by atoms with E-state index in [9.17, 15) is 25.0 Å². The standard InChI is InChI=1S/C18H14ClN5O4/c1-11(25)23(15-5-2-13(21)3-6-15)18(26)12(9-20)10-22-14-4-7-16(19)17(8-14)24(27)28/h2-8,10,22H,21H2,1H3/b12-10-. The third kappa shape index (κ3) is 4.63. The zero-order valence-electron chi connectivity index (χ0n) is 14.5. The van der Waals surface area contributed by atoms with Crippen LogP contribution in [0.15, 0.2) is 54.2 Å².